The third kappa shape index (κ3) is 3.56. The van der Waals surface area contributed by atoms with Crippen molar-refractivity contribution in [2.75, 3.05) is 59.8 Å². The number of carbonyl (C=O) groups is 2. The van der Waals surface area contributed by atoms with Gasteiger partial charge in [0.05, 0.1) is 23.3 Å². The number of aromatic nitrogens is 1. The molecule has 2 aliphatic heterocycles. The van der Waals surface area contributed by atoms with Crippen LogP contribution in [0.3, 0.4) is 0 Å². The topological polar surface area (TPSA) is 118 Å². The molecule has 0 unspecified atom stereocenters. The monoisotopic (exact) mass is 452 g/mol. The molecule has 5 rings (SSSR count). The van der Waals surface area contributed by atoms with E-state index in [2.05, 4.69) is 26.9 Å². The van der Waals surface area contributed by atoms with Crippen molar-refractivity contribution in [1.82, 2.24) is 4.98 Å². The molecule has 2 saturated heterocycles. The van der Waals surface area contributed by atoms with Crippen LogP contribution in [0.2, 0.25) is 0 Å². The molecule has 9 nitrogen and oxygen atoms in total. The Kier molecular flexibility index (Phi) is 5.22. The van der Waals surface area contributed by atoms with Gasteiger partial charge in [0.15, 0.2) is 0 Å². The molecule has 2 aromatic heterocycles. The Morgan fingerprint density at radius 3 is 2.44 bits per heavy atom. The first-order chi connectivity index (χ1) is 15.5. The lowest BCUT2D eigenvalue weighted by Crippen LogP contribution is -2.31. The van der Waals surface area contributed by atoms with E-state index >= 15 is 0 Å². The summed E-state index contributed by atoms with van der Waals surface area (Å²) in [6, 6.07) is 9.99. The maximum Gasteiger partial charge on any atom is 0.414 e. The minimum absolute atomic E-state index is 0.293. The van der Waals surface area contributed by atoms with Crippen LogP contribution >= 0.6 is 11.3 Å². The summed E-state index contributed by atoms with van der Waals surface area (Å²) in [5.41, 5.74) is 15.1. The van der Waals surface area contributed by atoms with E-state index in [4.69, 9.17) is 16.2 Å². The second-order valence-corrected chi connectivity index (χ2v) is 8.83. The van der Waals surface area contributed by atoms with Gasteiger partial charge in [-0.2, -0.15) is 0 Å². The number of rotatable bonds is 4. The molecule has 0 radical (unpaired) electrons. The number of anilines is 4. The zero-order valence-electron chi connectivity index (χ0n) is 17.5. The number of nitrogens with two attached hydrogens (primary N) is 2. The number of pyridine rings is 1. The third-order valence-electron chi connectivity index (χ3n) is 5.95. The van der Waals surface area contributed by atoms with Gasteiger partial charge < -0.3 is 26.0 Å². The number of cyclic esters (lactones) is 1. The Morgan fingerprint density at radius 2 is 1.72 bits per heavy atom. The molecule has 0 aliphatic carbocycles. The van der Waals surface area contributed by atoms with Crippen LogP contribution in [-0.4, -0.2) is 56.3 Å². The van der Waals surface area contributed by atoms with Gasteiger partial charge in [0.25, 0.3) is 5.91 Å². The minimum atomic E-state index is -0.524. The SMILES string of the molecule is NC(=O)c1sc2nccc(N3CCCN(c4ccc(N5CCOC5=O)cc4)CC3)c2c1N. The van der Waals surface area contributed by atoms with E-state index in [0.29, 0.717) is 23.7 Å². The first-order valence-electron chi connectivity index (χ1n) is 10.5. The zero-order chi connectivity index (χ0) is 22.2. The summed E-state index contributed by atoms with van der Waals surface area (Å²) in [6.07, 6.45) is 2.43. The van der Waals surface area contributed by atoms with E-state index in [9.17, 15) is 9.59 Å². The van der Waals surface area contributed by atoms with Gasteiger partial charge in [-0.25, -0.2) is 9.78 Å². The van der Waals surface area contributed by atoms with Gasteiger partial charge in [-0.1, -0.05) is 0 Å². The standard InChI is InChI=1S/C22H24N6O3S/c23-18-17-16(6-7-25-21(17)32-19(18)20(24)29)27-9-1-8-26(10-11-27)14-2-4-15(5-3-14)28-12-13-31-22(28)30/h2-7H,1,8-13,23H2,(H2,24,29). The molecular formula is C22H24N6O3S. The molecule has 0 bridgehead atoms. The van der Waals surface area contributed by atoms with Gasteiger partial charge in [-0.3, -0.25) is 9.69 Å². The van der Waals surface area contributed by atoms with Crippen molar-refractivity contribution >= 4 is 56.3 Å². The molecule has 2 fully saturated rings. The van der Waals surface area contributed by atoms with Crippen LogP contribution in [0.25, 0.3) is 10.2 Å². The summed E-state index contributed by atoms with van der Waals surface area (Å²) in [6.45, 7) is 4.44. The van der Waals surface area contributed by atoms with Crippen LogP contribution in [0, 0.1) is 0 Å². The molecule has 4 N–H and O–H groups in total. The number of nitrogens with zero attached hydrogens (tertiary/aromatic N) is 4. The van der Waals surface area contributed by atoms with Crippen LogP contribution in [-0.2, 0) is 4.74 Å². The van der Waals surface area contributed by atoms with E-state index in [1.54, 1.807) is 11.1 Å². The van der Waals surface area contributed by atoms with E-state index in [0.717, 1.165) is 59.9 Å². The van der Waals surface area contributed by atoms with Crippen molar-refractivity contribution < 1.29 is 14.3 Å². The van der Waals surface area contributed by atoms with E-state index in [1.165, 1.54) is 11.3 Å². The van der Waals surface area contributed by atoms with E-state index < -0.39 is 5.91 Å². The first kappa shape index (κ1) is 20.4. The number of hydrogen-bond donors (Lipinski definition) is 2. The maximum atomic E-state index is 11.8. The molecule has 4 heterocycles. The van der Waals surface area contributed by atoms with Crippen molar-refractivity contribution in [3.63, 3.8) is 0 Å². The number of thiophene rings is 1. The molecule has 0 spiro atoms. The summed E-state index contributed by atoms with van der Waals surface area (Å²) in [5, 5.41) is 0.807. The average molecular weight is 453 g/mol. The lowest BCUT2D eigenvalue weighted by Gasteiger charge is -2.26. The molecule has 2 aliphatic rings. The summed E-state index contributed by atoms with van der Waals surface area (Å²) >= 11 is 1.24. The van der Waals surface area contributed by atoms with E-state index in [1.807, 2.05) is 18.2 Å². The Morgan fingerprint density at radius 1 is 1.00 bits per heavy atom. The first-order valence-corrected chi connectivity index (χ1v) is 11.4. The fourth-order valence-corrected chi connectivity index (χ4v) is 5.30. The Balaban J connectivity index is 1.35. The number of benzene rings is 1. The number of nitrogen functional groups attached to an aromatic ring is 1. The molecule has 32 heavy (non-hydrogen) atoms. The molecule has 0 saturated carbocycles. The fraction of sp³-hybridized carbons (Fsp3) is 0.318. The van der Waals surface area contributed by atoms with Crippen LogP contribution in [0.4, 0.5) is 27.5 Å². The van der Waals surface area contributed by atoms with Gasteiger partial charge in [-0.05, 0) is 36.8 Å². The normalized spacial score (nSPS) is 17.0. The largest absolute Gasteiger partial charge is 0.447 e. The highest BCUT2D eigenvalue weighted by atomic mass is 32.1. The number of ether oxygens (including phenoxy) is 1. The van der Waals surface area contributed by atoms with Gasteiger partial charge in [0, 0.05) is 43.8 Å². The number of fused-ring (bicyclic) bond motifs is 1. The zero-order valence-corrected chi connectivity index (χ0v) is 18.3. The minimum Gasteiger partial charge on any atom is -0.447 e. The van der Waals surface area contributed by atoms with Gasteiger partial charge in [-0.15, -0.1) is 11.3 Å². The van der Waals surface area contributed by atoms with Gasteiger partial charge >= 0.3 is 6.09 Å². The second-order valence-electron chi connectivity index (χ2n) is 7.83. The Bertz CT molecular complexity index is 1180. The smallest absolute Gasteiger partial charge is 0.414 e. The highest BCUT2D eigenvalue weighted by Gasteiger charge is 2.25. The van der Waals surface area contributed by atoms with Crippen molar-refractivity contribution in [2.45, 2.75) is 6.42 Å². The number of amides is 2. The van der Waals surface area contributed by atoms with Crippen molar-refractivity contribution in [3.05, 3.63) is 41.4 Å². The third-order valence-corrected chi connectivity index (χ3v) is 7.08. The number of primary amides is 1. The van der Waals surface area contributed by atoms with Crippen molar-refractivity contribution in [1.29, 1.82) is 0 Å². The summed E-state index contributed by atoms with van der Waals surface area (Å²) in [7, 11) is 0. The predicted molar refractivity (Wildman–Crippen MR) is 127 cm³/mol. The quantitative estimate of drug-likeness (QED) is 0.625. The molecule has 10 heteroatoms. The highest BCUT2D eigenvalue weighted by molar-refractivity contribution is 7.21. The Hall–Kier alpha value is -3.53. The molecule has 3 aromatic rings. The van der Waals surface area contributed by atoms with Gasteiger partial charge in [0.1, 0.15) is 16.3 Å². The molecule has 2 amide bonds. The van der Waals surface area contributed by atoms with Crippen LogP contribution in [0.1, 0.15) is 16.1 Å². The highest BCUT2D eigenvalue weighted by Crippen LogP contribution is 2.38. The molecule has 1 aromatic carbocycles. The number of hydrogen-bond acceptors (Lipinski definition) is 8. The molecular weight excluding hydrogens is 428 g/mol. The lowest BCUT2D eigenvalue weighted by atomic mass is 10.2. The van der Waals surface area contributed by atoms with Crippen molar-refractivity contribution in [2.24, 2.45) is 5.73 Å². The van der Waals surface area contributed by atoms with E-state index in [-0.39, 0.29) is 6.09 Å². The van der Waals surface area contributed by atoms with Gasteiger partial charge in [0.2, 0.25) is 0 Å². The number of carbonyl (C=O) groups excluding carboxylic acids is 2. The Labute approximate surface area is 189 Å². The summed E-state index contributed by atoms with van der Waals surface area (Å²) in [4.78, 5) is 35.3. The van der Waals surface area contributed by atoms with Crippen LogP contribution in [0.15, 0.2) is 36.5 Å². The maximum absolute atomic E-state index is 11.8. The molecule has 0 atom stereocenters. The summed E-state index contributed by atoms with van der Waals surface area (Å²) in [5.74, 6) is -0.524. The average Bonchev–Trinajstić information content (AvgIpc) is 3.28. The van der Waals surface area contributed by atoms with Crippen molar-refractivity contribution in [3.8, 4) is 0 Å². The second kappa shape index (κ2) is 8.19. The van der Waals surface area contributed by atoms with Crippen LogP contribution < -0.4 is 26.2 Å². The lowest BCUT2D eigenvalue weighted by molar-refractivity contribution is 0.100. The fourth-order valence-electron chi connectivity index (χ4n) is 4.36. The summed E-state index contributed by atoms with van der Waals surface area (Å²) < 4.78 is 5.02. The predicted octanol–water partition coefficient (Wildman–Crippen LogP) is 2.65. The van der Waals surface area contributed by atoms with Crippen LogP contribution in [0.5, 0.6) is 0 Å². The molecule has 166 valence electrons.